The number of rotatable bonds is 11. The van der Waals surface area contributed by atoms with Gasteiger partial charge in [-0.25, -0.2) is 0 Å². The number of aryl methyl sites for hydroxylation is 1. The Bertz CT molecular complexity index is 2090. The van der Waals surface area contributed by atoms with Crippen LogP contribution >= 0.6 is 0 Å². The quantitative estimate of drug-likeness (QED) is 0.180. The number of benzene rings is 4. The highest BCUT2D eigenvalue weighted by molar-refractivity contribution is 6.01. The molecule has 10 nitrogen and oxygen atoms in total. The maximum atomic E-state index is 13.1. The lowest BCUT2D eigenvalue weighted by molar-refractivity contribution is -0.126. The normalized spacial score (nSPS) is 21.9. The third kappa shape index (κ3) is 8.08. The van der Waals surface area contributed by atoms with E-state index in [4.69, 9.17) is 4.74 Å². The first-order valence-corrected chi connectivity index (χ1v) is 19.9. The van der Waals surface area contributed by atoms with Crippen molar-refractivity contribution in [1.29, 1.82) is 0 Å². The van der Waals surface area contributed by atoms with Gasteiger partial charge in [0.2, 0.25) is 11.8 Å². The summed E-state index contributed by atoms with van der Waals surface area (Å²) < 4.78 is 6.31. The van der Waals surface area contributed by atoms with Gasteiger partial charge in [0.1, 0.15) is 24.1 Å². The van der Waals surface area contributed by atoms with Gasteiger partial charge in [-0.05, 0) is 102 Å². The van der Waals surface area contributed by atoms with Crippen molar-refractivity contribution in [2.45, 2.75) is 69.6 Å². The van der Waals surface area contributed by atoms with Gasteiger partial charge in [-0.2, -0.15) is 0 Å². The number of hydrogen-bond acceptors (Lipinski definition) is 7. The third-order valence-electron chi connectivity index (χ3n) is 12.1. The van der Waals surface area contributed by atoms with Crippen LogP contribution in [0.25, 0.3) is 0 Å². The number of nitrogens with one attached hydrogen (secondary N) is 2. The van der Waals surface area contributed by atoms with Gasteiger partial charge in [0, 0.05) is 62.5 Å². The zero-order valence-corrected chi connectivity index (χ0v) is 32.1. The van der Waals surface area contributed by atoms with Crippen LogP contribution in [0.1, 0.15) is 81.8 Å². The number of fused-ring (bicyclic) bond motifs is 2. The number of amides is 3. The average Bonchev–Trinajstić information content (AvgIpc) is 3.54. The minimum absolute atomic E-state index is 0.0273. The molecule has 3 heterocycles. The molecule has 4 aromatic rings. The molecule has 4 atom stereocenters. The second-order valence-electron chi connectivity index (χ2n) is 15.8. The lowest BCUT2D eigenvalue weighted by Crippen LogP contribution is -2.52. The van der Waals surface area contributed by atoms with Gasteiger partial charge in [0.25, 0.3) is 5.91 Å². The molecule has 0 radical (unpaired) electrons. The average molecular weight is 754 g/mol. The molecule has 0 bridgehead atoms. The summed E-state index contributed by atoms with van der Waals surface area (Å²) in [5.41, 5.74) is 8.22. The van der Waals surface area contributed by atoms with Crippen molar-refractivity contribution in [3.8, 4) is 11.5 Å². The van der Waals surface area contributed by atoms with Crippen LogP contribution in [0.5, 0.6) is 11.5 Å². The molecule has 1 aliphatic carbocycles. The fourth-order valence-electron chi connectivity index (χ4n) is 9.01. The molecule has 0 aromatic heterocycles. The molecule has 8 rings (SSSR count). The molecule has 3 amide bonds. The second-order valence-corrected chi connectivity index (χ2v) is 15.8. The Morgan fingerprint density at radius 2 is 1.70 bits per heavy atom. The molecule has 4 aromatic carbocycles. The fourth-order valence-corrected chi connectivity index (χ4v) is 9.01. The SMILES string of the molecule is C=C1CCC(N2Cc3cc(CNC(=O)CN4CCN([C@@H](C)COc5ccc([C@@H]6c7ccc(O)cc7CC[C@@H]6c6ccccc6)cc5)CC4)ccc3C2=O)C(=O)N1. The monoisotopic (exact) mass is 753 g/mol. The molecule has 1 unspecified atom stereocenters. The number of hydrogen-bond donors (Lipinski definition) is 3. The number of carbonyl (C=O) groups excluding carboxylic acids is 3. The summed E-state index contributed by atoms with van der Waals surface area (Å²) in [5.74, 6) is 1.40. The first-order chi connectivity index (χ1) is 27.2. The van der Waals surface area contributed by atoms with E-state index in [1.807, 2.05) is 30.3 Å². The van der Waals surface area contributed by atoms with Gasteiger partial charge in [-0.1, -0.05) is 67.2 Å². The van der Waals surface area contributed by atoms with E-state index >= 15 is 0 Å². The molecule has 4 aliphatic rings. The summed E-state index contributed by atoms with van der Waals surface area (Å²) >= 11 is 0. The molecular weight excluding hydrogens is 703 g/mol. The molecule has 0 saturated carbocycles. The number of phenols is 1. The largest absolute Gasteiger partial charge is 0.508 e. The van der Waals surface area contributed by atoms with Crippen LogP contribution in [-0.4, -0.2) is 88.9 Å². The molecule has 2 saturated heterocycles. The van der Waals surface area contributed by atoms with Crippen LogP contribution in [0.3, 0.4) is 0 Å². The summed E-state index contributed by atoms with van der Waals surface area (Å²) in [6.45, 7) is 11.0. The Hall–Kier alpha value is -5.45. The van der Waals surface area contributed by atoms with E-state index in [0.29, 0.717) is 62.0 Å². The third-order valence-corrected chi connectivity index (χ3v) is 12.1. The predicted octanol–water partition coefficient (Wildman–Crippen LogP) is 5.70. The van der Waals surface area contributed by atoms with Crippen molar-refractivity contribution in [1.82, 2.24) is 25.3 Å². The lowest BCUT2D eigenvalue weighted by Gasteiger charge is -2.37. The fraction of sp³-hybridized carbons (Fsp3) is 0.370. The summed E-state index contributed by atoms with van der Waals surface area (Å²) in [6.07, 6.45) is 3.21. The van der Waals surface area contributed by atoms with Crippen molar-refractivity contribution in [2.24, 2.45) is 0 Å². The molecular formula is C46H51N5O5. The van der Waals surface area contributed by atoms with Gasteiger partial charge in [-0.15, -0.1) is 0 Å². The standard InChI is InChI=1S/C46H51N5O5/c1-30-8-19-42(45(54)48-30)51-27-36-24-32(9-16-41(36)46(51)55)26-47-43(53)28-49-20-22-50(23-21-49)31(2)29-56-38-14-10-34(11-15-38)44-39(33-6-4-3-5-7-33)17-12-35-25-37(52)13-18-40(35)44/h3-7,9-11,13-16,18,24-25,31,39,42,44,52H,1,8,12,17,19-23,26-29H2,2H3,(H,47,53)(H,48,54)/t31-,39+,42?,44-/m0/s1. The maximum absolute atomic E-state index is 13.1. The van der Waals surface area contributed by atoms with Crippen LogP contribution in [0.15, 0.2) is 103 Å². The molecule has 290 valence electrons. The van der Waals surface area contributed by atoms with Crippen LogP contribution < -0.4 is 15.4 Å². The van der Waals surface area contributed by atoms with E-state index in [-0.39, 0.29) is 29.7 Å². The molecule has 3 aliphatic heterocycles. The second kappa shape index (κ2) is 16.3. The molecule has 0 spiro atoms. The van der Waals surface area contributed by atoms with Crippen LogP contribution in [0.4, 0.5) is 0 Å². The number of nitrogens with zero attached hydrogens (tertiary/aromatic N) is 3. The minimum Gasteiger partial charge on any atom is -0.508 e. The number of piperazine rings is 1. The topological polar surface area (TPSA) is 114 Å². The van der Waals surface area contributed by atoms with Gasteiger partial charge >= 0.3 is 0 Å². The molecule has 56 heavy (non-hydrogen) atoms. The van der Waals surface area contributed by atoms with Gasteiger partial charge in [0.05, 0.1) is 6.54 Å². The van der Waals surface area contributed by atoms with Gasteiger partial charge in [0.15, 0.2) is 0 Å². The van der Waals surface area contributed by atoms with Crippen molar-refractivity contribution < 1.29 is 24.2 Å². The van der Waals surface area contributed by atoms with E-state index in [0.717, 1.165) is 55.9 Å². The zero-order valence-electron chi connectivity index (χ0n) is 32.1. The van der Waals surface area contributed by atoms with Crippen LogP contribution in [0, 0.1) is 0 Å². The highest BCUT2D eigenvalue weighted by Crippen LogP contribution is 2.47. The Morgan fingerprint density at radius 1 is 0.911 bits per heavy atom. The number of allylic oxidation sites excluding steroid dienone is 1. The van der Waals surface area contributed by atoms with Crippen molar-refractivity contribution in [2.75, 3.05) is 39.3 Å². The zero-order chi connectivity index (χ0) is 38.8. The van der Waals surface area contributed by atoms with E-state index < -0.39 is 6.04 Å². The smallest absolute Gasteiger partial charge is 0.255 e. The van der Waals surface area contributed by atoms with Crippen molar-refractivity contribution in [3.63, 3.8) is 0 Å². The van der Waals surface area contributed by atoms with Crippen molar-refractivity contribution in [3.05, 3.63) is 142 Å². The number of carbonyl (C=O) groups is 3. The van der Waals surface area contributed by atoms with E-state index in [1.54, 1.807) is 4.90 Å². The van der Waals surface area contributed by atoms with E-state index in [1.165, 1.54) is 22.3 Å². The Morgan fingerprint density at radius 3 is 2.46 bits per heavy atom. The lowest BCUT2D eigenvalue weighted by atomic mass is 9.69. The Kier molecular flexibility index (Phi) is 10.9. The highest BCUT2D eigenvalue weighted by Gasteiger charge is 2.38. The first-order valence-electron chi connectivity index (χ1n) is 19.9. The summed E-state index contributed by atoms with van der Waals surface area (Å²) in [7, 11) is 0. The summed E-state index contributed by atoms with van der Waals surface area (Å²) in [6, 6.07) is 30.5. The van der Waals surface area contributed by atoms with E-state index in [2.05, 4.69) is 94.6 Å². The molecule has 3 N–H and O–H groups in total. The first kappa shape index (κ1) is 37.5. The summed E-state index contributed by atoms with van der Waals surface area (Å²) in [4.78, 5) is 44.8. The van der Waals surface area contributed by atoms with Crippen LogP contribution in [0.2, 0.25) is 0 Å². The highest BCUT2D eigenvalue weighted by atomic mass is 16.5. The number of phenolic OH excluding ortho intramolecular Hbond substituents is 1. The number of ether oxygens (including phenoxy) is 1. The minimum atomic E-state index is -0.491. The molecule has 2 fully saturated rings. The number of piperidine rings is 1. The number of aromatic hydroxyl groups is 1. The van der Waals surface area contributed by atoms with Gasteiger partial charge in [-0.3, -0.25) is 24.2 Å². The Labute approximate surface area is 329 Å². The predicted molar refractivity (Wildman–Crippen MR) is 215 cm³/mol. The maximum Gasteiger partial charge on any atom is 0.255 e. The molecule has 10 heteroatoms. The van der Waals surface area contributed by atoms with Crippen LogP contribution in [-0.2, 0) is 29.1 Å². The van der Waals surface area contributed by atoms with E-state index in [9.17, 15) is 19.5 Å². The Balaban J connectivity index is 0.789. The summed E-state index contributed by atoms with van der Waals surface area (Å²) in [5, 5.41) is 16.0. The van der Waals surface area contributed by atoms with Crippen molar-refractivity contribution >= 4 is 17.7 Å². The van der Waals surface area contributed by atoms with Gasteiger partial charge < -0.3 is 25.4 Å².